The van der Waals surface area contributed by atoms with Gasteiger partial charge in [0.15, 0.2) is 17.3 Å². The molecule has 9 nitrogen and oxygen atoms in total. The number of carbonyl (C=O) groups is 3. The summed E-state index contributed by atoms with van der Waals surface area (Å²) >= 11 is 0. The molecule has 0 saturated carbocycles. The van der Waals surface area contributed by atoms with E-state index in [1.807, 2.05) is 6.07 Å². The van der Waals surface area contributed by atoms with Crippen molar-refractivity contribution >= 4 is 23.5 Å². The quantitative estimate of drug-likeness (QED) is 0.228. The fraction of sp³-hybridized carbons (Fsp3) is 0.176. The van der Waals surface area contributed by atoms with Crippen molar-refractivity contribution < 1.29 is 37.7 Å². The van der Waals surface area contributed by atoms with E-state index in [2.05, 4.69) is 5.32 Å². The second kappa shape index (κ2) is 12.9. The van der Waals surface area contributed by atoms with E-state index in [0.717, 1.165) is 29.2 Å². The van der Waals surface area contributed by atoms with E-state index in [0.29, 0.717) is 22.4 Å². The zero-order chi connectivity index (χ0) is 32.2. The molecule has 0 aromatic heterocycles. The number of anilines is 1. The SMILES string of the molecule is COc1ccc(C2C(C(=O)c3ccc(C#N)cc3)C(c3ccc(F)cc3)N(C(=O)Nc3ccc(F)cc3)C2C(=O)O)cc1OC. The van der Waals surface area contributed by atoms with Crippen molar-refractivity contribution in [3.63, 3.8) is 0 Å². The molecule has 11 heteroatoms. The Morgan fingerprint density at radius 3 is 1.96 bits per heavy atom. The number of nitriles is 1. The fourth-order valence-electron chi connectivity index (χ4n) is 5.84. The Hall–Kier alpha value is -5.76. The lowest BCUT2D eigenvalue weighted by molar-refractivity contribution is -0.142. The summed E-state index contributed by atoms with van der Waals surface area (Å²) < 4.78 is 38.5. The highest BCUT2D eigenvalue weighted by molar-refractivity contribution is 6.02. The van der Waals surface area contributed by atoms with Crippen LogP contribution in [0.2, 0.25) is 0 Å². The lowest BCUT2D eigenvalue weighted by Crippen LogP contribution is -2.45. The van der Waals surface area contributed by atoms with Gasteiger partial charge in [0.25, 0.3) is 0 Å². The topological polar surface area (TPSA) is 129 Å². The van der Waals surface area contributed by atoms with Crippen molar-refractivity contribution in [2.75, 3.05) is 19.5 Å². The number of aliphatic carboxylic acids is 1. The summed E-state index contributed by atoms with van der Waals surface area (Å²) in [5.74, 6) is -4.72. The molecule has 1 aliphatic heterocycles. The van der Waals surface area contributed by atoms with E-state index in [4.69, 9.17) is 9.47 Å². The molecule has 1 heterocycles. The van der Waals surface area contributed by atoms with Gasteiger partial charge in [-0.2, -0.15) is 5.26 Å². The van der Waals surface area contributed by atoms with Gasteiger partial charge in [0, 0.05) is 17.2 Å². The molecule has 0 spiro atoms. The molecular weight excluding hydrogens is 584 g/mol. The van der Waals surface area contributed by atoms with E-state index in [9.17, 15) is 33.5 Å². The van der Waals surface area contributed by atoms with Crippen LogP contribution in [0.1, 0.15) is 39.0 Å². The Kier molecular flexibility index (Phi) is 8.76. The number of hydrogen-bond donors (Lipinski definition) is 2. The Morgan fingerprint density at radius 2 is 1.40 bits per heavy atom. The maximum atomic E-state index is 14.5. The monoisotopic (exact) mass is 611 g/mol. The average molecular weight is 612 g/mol. The molecule has 4 unspecified atom stereocenters. The second-order valence-electron chi connectivity index (χ2n) is 10.3. The first-order chi connectivity index (χ1) is 21.7. The first-order valence-electron chi connectivity index (χ1n) is 13.8. The van der Waals surface area contributed by atoms with E-state index in [1.165, 1.54) is 62.8 Å². The van der Waals surface area contributed by atoms with Gasteiger partial charge in [0.1, 0.15) is 17.7 Å². The van der Waals surface area contributed by atoms with Crippen LogP contribution in [0.5, 0.6) is 11.5 Å². The molecule has 0 radical (unpaired) electrons. The van der Waals surface area contributed by atoms with Gasteiger partial charge in [-0.25, -0.2) is 18.4 Å². The number of urea groups is 1. The van der Waals surface area contributed by atoms with Crippen molar-refractivity contribution in [3.05, 3.63) is 125 Å². The molecule has 4 atom stereocenters. The summed E-state index contributed by atoms with van der Waals surface area (Å²) in [5.41, 5.74) is 1.37. The Morgan fingerprint density at radius 1 is 0.822 bits per heavy atom. The van der Waals surface area contributed by atoms with Crippen LogP contribution in [0.15, 0.2) is 91.0 Å². The lowest BCUT2D eigenvalue weighted by atomic mass is 9.76. The minimum absolute atomic E-state index is 0.182. The zero-order valence-corrected chi connectivity index (χ0v) is 24.1. The van der Waals surface area contributed by atoms with Crippen molar-refractivity contribution in [2.45, 2.75) is 18.0 Å². The highest BCUT2D eigenvalue weighted by Crippen LogP contribution is 2.52. The summed E-state index contributed by atoms with van der Waals surface area (Å²) in [4.78, 5) is 42.8. The molecule has 45 heavy (non-hydrogen) atoms. The summed E-state index contributed by atoms with van der Waals surface area (Å²) in [5, 5.41) is 22.6. The molecule has 0 bridgehead atoms. The van der Waals surface area contributed by atoms with Crippen molar-refractivity contribution in [3.8, 4) is 17.6 Å². The zero-order valence-electron chi connectivity index (χ0n) is 24.1. The van der Waals surface area contributed by atoms with Gasteiger partial charge in [-0.1, -0.05) is 30.3 Å². The number of likely N-dealkylation sites (tertiary alicyclic amines) is 1. The largest absolute Gasteiger partial charge is 0.493 e. The number of benzene rings is 4. The van der Waals surface area contributed by atoms with Crippen LogP contribution in [0.25, 0.3) is 0 Å². The van der Waals surface area contributed by atoms with Gasteiger partial charge in [-0.15, -0.1) is 0 Å². The third kappa shape index (κ3) is 6.03. The first-order valence-corrected chi connectivity index (χ1v) is 13.8. The Balaban J connectivity index is 1.74. The normalized spacial score (nSPS) is 19.0. The number of hydrogen-bond acceptors (Lipinski definition) is 6. The highest BCUT2D eigenvalue weighted by atomic mass is 19.1. The predicted molar refractivity (Wildman–Crippen MR) is 159 cm³/mol. The standard InChI is InChI=1S/C34H27F2N3O6/c1-44-26-16-9-22(17-27(26)45-2)28-29(32(40)21-5-3-19(18-37)4-6-21)30(20-7-10-23(35)11-8-20)39(31(28)33(41)42)34(43)38-25-14-12-24(36)13-15-25/h3-17,28-31H,1-2H3,(H,38,43)(H,41,42). The molecule has 1 fully saturated rings. The van der Waals surface area contributed by atoms with Crippen molar-refractivity contribution in [2.24, 2.45) is 5.92 Å². The van der Waals surface area contributed by atoms with Gasteiger partial charge in [-0.05, 0) is 71.8 Å². The van der Waals surface area contributed by atoms with Crippen LogP contribution in [0, 0.1) is 28.9 Å². The van der Waals surface area contributed by atoms with Crippen LogP contribution in [-0.4, -0.2) is 48.1 Å². The van der Waals surface area contributed by atoms with Crippen LogP contribution < -0.4 is 14.8 Å². The van der Waals surface area contributed by atoms with Gasteiger partial charge >= 0.3 is 12.0 Å². The molecule has 4 aromatic carbocycles. The minimum Gasteiger partial charge on any atom is -0.493 e. The number of halogens is 2. The number of amides is 2. The number of rotatable bonds is 8. The molecule has 0 aliphatic carbocycles. The predicted octanol–water partition coefficient (Wildman–Crippen LogP) is 6.18. The first kappa shape index (κ1) is 30.7. The van der Waals surface area contributed by atoms with Crippen molar-refractivity contribution in [1.82, 2.24) is 4.90 Å². The third-order valence-corrected chi connectivity index (χ3v) is 7.85. The number of carbonyl (C=O) groups excluding carboxylic acids is 2. The molecule has 2 amide bonds. The molecule has 1 saturated heterocycles. The van der Waals surface area contributed by atoms with Crippen LogP contribution in [0.3, 0.4) is 0 Å². The molecule has 5 rings (SSSR count). The van der Waals surface area contributed by atoms with Gasteiger partial charge in [0.2, 0.25) is 0 Å². The van der Waals surface area contributed by atoms with Crippen LogP contribution in [-0.2, 0) is 4.79 Å². The second-order valence-corrected chi connectivity index (χ2v) is 10.3. The number of carboxylic acids is 1. The molecule has 2 N–H and O–H groups in total. The average Bonchev–Trinajstić information content (AvgIpc) is 3.42. The van der Waals surface area contributed by atoms with Gasteiger partial charge in [0.05, 0.1) is 37.8 Å². The van der Waals surface area contributed by atoms with E-state index in [1.54, 1.807) is 18.2 Å². The number of nitrogens with one attached hydrogen (secondary N) is 1. The molecular formula is C34H27F2N3O6. The maximum Gasteiger partial charge on any atom is 0.327 e. The summed E-state index contributed by atoms with van der Waals surface area (Å²) in [6.45, 7) is 0. The van der Waals surface area contributed by atoms with Gasteiger partial charge < -0.3 is 24.8 Å². The Labute approximate surface area is 257 Å². The number of methoxy groups -OCH3 is 2. The van der Waals surface area contributed by atoms with E-state index >= 15 is 0 Å². The molecule has 1 aliphatic rings. The number of Topliss-reactive ketones (excluding diaryl/α,β-unsaturated/α-hetero) is 1. The number of nitrogens with zero attached hydrogens (tertiary/aromatic N) is 2. The Bertz CT molecular complexity index is 1770. The van der Waals surface area contributed by atoms with Crippen LogP contribution >= 0.6 is 0 Å². The maximum absolute atomic E-state index is 14.5. The highest BCUT2D eigenvalue weighted by Gasteiger charge is 2.58. The third-order valence-electron chi connectivity index (χ3n) is 7.85. The van der Waals surface area contributed by atoms with E-state index < -0.39 is 53.3 Å². The smallest absolute Gasteiger partial charge is 0.327 e. The molecule has 228 valence electrons. The van der Waals surface area contributed by atoms with Crippen molar-refractivity contribution in [1.29, 1.82) is 5.26 Å². The minimum atomic E-state index is -1.61. The number of ether oxygens (including phenoxy) is 2. The van der Waals surface area contributed by atoms with Crippen LogP contribution in [0.4, 0.5) is 19.3 Å². The lowest BCUT2D eigenvalue weighted by Gasteiger charge is -2.30. The van der Waals surface area contributed by atoms with Gasteiger partial charge in [-0.3, -0.25) is 4.79 Å². The summed E-state index contributed by atoms with van der Waals surface area (Å²) in [6, 6.07) is 18.9. The molecule has 4 aromatic rings. The number of ketones is 1. The summed E-state index contributed by atoms with van der Waals surface area (Å²) in [6.07, 6.45) is 0. The number of carboxylic acid groups (broad SMARTS) is 1. The summed E-state index contributed by atoms with van der Waals surface area (Å²) in [7, 11) is 2.85. The van der Waals surface area contributed by atoms with E-state index in [-0.39, 0.29) is 17.0 Å². The fourth-order valence-corrected chi connectivity index (χ4v) is 5.84.